The van der Waals surface area contributed by atoms with Gasteiger partial charge in [-0.1, -0.05) is 12.1 Å². The summed E-state index contributed by atoms with van der Waals surface area (Å²) >= 11 is 0. The van der Waals surface area contributed by atoms with Crippen LogP contribution in [0.5, 0.6) is 5.75 Å². The first-order chi connectivity index (χ1) is 14.8. The van der Waals surface area contributed by atoms with Gasteiger partial charge in [0, 0.05) is 6.07 Å². The van der Waals surface area contributed by atoms with Crippen LogP contribution in [-0.2, 0) is 4.79 Å². The van der Waals surface area contributed by atoms with Crippen LogP contribution in [-0.4, -0.2) is 27.7 Å². The fourth-order valence-corrected chi connectivity index (χ4v) is 2.68. The van der Waals surface area contributed by atoms with Crippen molar-refractivity contribution in [2.45, 2.75) is 26.9 Å². The Morgan fingerprint density at radius 3 is 2.45 bits per heavy atom. The van der Waals surface area contributed by atoms with Gasteiger partial charge in [-0.25, -0.2) is 4.39 Å². The minimum atomic E-state index is -0.873. The van der Waals surface area contributed by atoms with Crippen LogP contribution in [0.2, 0.25) is 0 Å². The molecule has 3 aromatic rings. The van der Waals surface area contributed by atoms with E-state index in [0.717, 1.165) is 21.9 Å². The largest absolute Gasteiger partial charge is 0.481 e. The van der Waals surface area contributed by atoms with Crippen LogP contribution in [0.4, 0.5) is 4.39 Å². The second-order valence-electron chi connectivity index (χ2n) is 6.85. The highest BCUT2D eigenvalue weighted by molar-refractivity contribution is 5.94. The SMILES string of the molecule is Cc1cccc(OC(C)C(=O)NNC(=O)c2ccc(=O)n(-c3ccc(F)cc3)n2)c1C. The lowest BCUT2D eigenvalue weighted by Crippen LogP contribution is -2.47. The lowest BCUT2D eigenvalue weighted by molar-refractivity contribution is -0.128. The Labute approximate surface area is 177 Å². The molecule has 0 aliphatic rings. The van der Waals surface area contributed by atoms with Crippen molar-refractivity contribution >= 4 is 11.8 Å². The van der Waals surface area contributed by atoms with Gasteiger partial charge in [0.1, 0.15) is 11.6 Å². The van der Waals surface area contributed by atoms with Crippen molar-refractivity contribution in [3.63, 3.8) is 0 Å². The molecule has 160 valence electrons. The highest BCUT2D eigenvalue weighted by Crippen LogP contribution is 2.21. The van der Waals surface area contributed by atoms with Gasteiger partial charge in [0.05, 0.1) is 5.69 Å². The van der Waals surface area contributed by atoms with Crippen molar-refractivity contribution < 1.29 is 18.7 Å². The van der Waals surface area contributed by atoms with E-state index in [1.165, 1.54) is 30.3 Å². The summed E-state index contributed by atoms with van der Waals surface area (Å²) in [7, 11) is 0. The van der Waals surface area contributed by atoms with E-state index >= 15 is 0 Å². The first-order valence-corrected chi connectivity index (χ1v) is 9.45. The first-order valence-electron chi connectivity index (χ1n) is 9.45. The Morgan fingerprint density at radius 2 is 1.74 bits per heavy atom. The fraction of sp³-hybridized carbons (Fsp3) is 0.182. The number of amides is 2. The zero-order valence-corrected chi connectivity index (χ0v) is 17.2. The fourth-order valence-electron chi connectivity index (χ4n) is 2.68. The summed E-state index contributed by atoms with van der Waals surface area (Å²) in [6, 6.07) is 13.0. The summed E-state index contributed by atoms with van der Waals surface area (Å²) in [5, 5.41) is 3.97. The monoisotopic (exact) mass is 424 g/mol. The zero-order valence-electron chi connectivity index (χ0n) is 17.2. The van der Waals surface area contributed by atoms with E-state index in [0.29, 0.717) is 11.4 Å². The topological polar surface area (TPSA) is 102 Å². The molecule has 1 unspecified atom stereocenters. The Bertz CT molecular complexity index is 1170. The molecule has 31 heavy (non-hydrogen) atoms. The van der Waals surface area contributed by atoms with Crippen LogP contribution in [0.25, 0.3) is 5.69 Å². The maximum atomic E-state index is 13.1. The number of carbonyl (C=O) groups excluding carboxylic acids is 2. The maximum Gasteiger partial charge on any atom is 0.290 e. The second kappa shape index (κ2) is 9.21. The van der Waals surface area contributed by atoms with Crippen molar-refractivity contribution in [3.05, 3.63) is 87.6 Å². The van der Waals surface area contributed by atoms with Gasteiger partial charge in [-0.2, -0.15) is 9.78 Å². The van der Waals surface area contributed by atoms with E-state index in [1.807, 2.05) is 26.0 Å². The summed E-state index contributed by atoms with van der Waals surface area (Å²) < 4.78 is 19.7. The van der Waals surface area contributed by atoms with Crippen LogP contribution in [0.3, 0.4) is 0 Å². The van der Waals surface area contributed by atoms with Gasteiger partial charge >= 0.3 is 0 Å². The minimum Gasteiger partial charge on any atom is -0.481 e. The molecule has 2 aromatic carbocycles. The molecule has 8 nitrogen and oxygen atoms in total. The molecule has 0 radical (unpaired) electrons. The standard InChI is InChI=1S/C22H21FN4O4/c1-13-5-4-6-19(14(13)2)31-15(3)21(29)24-25-22(30)18-11-12-20(28)27(26-18)17-9-7-16(23)8-10-17/h4-12,15H,1-3H3,(H,24,29)(H,25,30). The number of hydrazine groups is 1. The number of nitrogens with one attached hydrogen (secondary N) is 2. The molecule has 2 amide bonds. The quantitative estimate of drug-likeness (QED) is 0.612. The molecular formula is C22H21FN4O4. The highest BCUT2D eigenvalue weighted by atomic mass is 19.1. The normalized spacial score (nSPS) is 11.5. The molecule has 0 aliphatic heterocycles. The number of halogens is 1. The van der Waals surface area contributed by atoms with Gasteiger partial charge in [0.25, 0.3) is 17.4 Å². The number of carbonyl (C=O) groups is 2. The molecule has 1 atom stereocenters. The lowest BCUT2D eigenvalue weighted by atomic mass is 10.1. The maximum absolute atomic E-state index is 13.1. The van der Waals surface area contributed by atoms with Crippen LogP contribution in [0, 0.1) is 19.7 Å². The van der Waals surface area contributed by atoms with Crippen molar-refractivity contribution in [2.75, 3.05) is 0 Å². The summed E-state index contributed by atoms with van der Waals surface area (Å²) in [5.74, 6) is -1.20. The summed E-state index contributed by atoms with van der Waals surface area (Å²) in [6.07, 6.45) is -0.873. The molecule has 9 heteroatoms. The molecule has 0 saturated carbocycles. The van der Waals surface area contributed by atoms with Gasteiger partial charge in [-0.3, -0.25) is 25.2 Å². The smallest absolute Gasteiger partial charge is 0.290 e. The van der Waals surface area contributed by atoms with E-state index in [9.17, 15) is 18.8 Å². The number of aryl methyl sites for hydroxylation is 1. The Balaban J connectivity index is 1.65. The van der Waals surface area contributed by atoms with Crippen LogP contribution in [0.15, 0.2) is 59.4 Å². The molecule has 0 fully saturated rings. The van der Waals surface area contributed by atoms with Crippen molar-refractivity contribution in [1.82, 2.24) is 20.6 Å². The van der Waals surface area contributed by atoms with Crippen molar-refractivity contribution in [1.29, 1.82) is 0 Å². The molecule has 1 heterocycles. The van der Waals surface area contributed by atoms with Gasteiger partial charge in [-0.05, 0) is 68.3 Å². The number of ether oxygens (including phenoxy) is 1. The number of nitrogens with zero attached hydrogens (tertiary/aromatic N) is 2. The average Bonchev–Trinajstić information content (AvgIpc) is 2.76. The van der Waals surface area contributed by atoms with Gasteiger partial charge in [0.15, 0.2) is 11.8 Å². The molecule has 1 aromatic heterocycles. The van der Waals surface area contributed by atoms with Crippen LogP contribution < -0.4 is 21.1 Å². The van der Waals surface area contributed by atoms with Crippen LogP contribution in [0.1, 0.15) is 28.5 Å². The predicted octanol–water partition coefficient (Wildman–Crippen LogP) is 2.22. The van der Waals surface area contributed by atoms with E-state index in [4.69, 9.17) is 4.74 Å². The third kappa shape index (κ3) is 5.13. The van der Waals surface area contributed by atoms with Gasteiger partial charge in [0.2, 0.25) is 0 Å². The number of aromatic nitrogens is 2. The molecule has 2 N–H and O–H groups in total. The number of hydrogen-bond donors (Lipinski definition) is 2. The number of benzene rings is 2. The van der Waals surface area contributed by atoms with E-state index in [1.54, 1.807) is 13.0 Å². The Kier molecular flexibility index (Phi) is 6.44. The second-order valence-corrected chi connectivity index (χ2v) is 6.85. The number of hydrogen-bond acceptors (Lipinski definition) is 5. The van der Waals surface area contributed by atoms with Gasteiger partial charge < -0.3 is 4.74 Å². The van der Waals surface area contributed by atoms with Gasteiger partial charge in [-0.15, -0.1) is 0 Å². The lowest BCUT2D eigenvalue weighted by Gasteiger charge is -2.17. The molecule has 0 spiro atoms. The summed E-state index contributed by atoms with van der Waals surface area (Å²) in [5.41, 5.74) is 6.14. The van der Waals surface area contributed by atoms with E-state index < -0.39 is 29.3 Å². The Hall–Kier alpha value is -4.01. The third-order valence-corrected chi connectivity index (χ3v) is 4.63. The molecule has 3 rings (SSSR count). The third-order valence-electron chi connectivity index (χ3n) is 4.63. The highest BCUT2D eigenvalue weighted by Gasteiger charge is 2.18. The average molecular weight is 424 g/mol. The number of rotatable bonds is 5. The first kappa shape index (κ1) is 21.7. The molecule has 0 bridgehead atoms. The molecule has 0 saturated heterocycles. The summed E-state index contributed by atoms with van der Waals surface area (Å²) in [4.78, 5) is 36.7. The summed E-state index contributed by atoms with van der Waals surface area (Å²) in [6.45, 7) is 5.38. The minimum absolute atomic E-state index is 0.118. The zero-order chi connectivity index (χ0) is 22.5. The van der Waals surface area contributed by atoms with Crippen molar-refractivity contribution in [3.8, 4) is 11.4 Å². The molecule has 0 aliphatic carbocycles. The van der Waals surface area contributed by atoms with E-state index in [-0.39, 0.29) is 5.69 Å². The molecular weight excluding hydrogens is 403 g/mol. The van der Waals surface area contributed by atoms with Crippen molar-refractivity contribution in [2.24, 2.45) is 0 Å². The predicted molar refractivity (Wildman–Crippen MR) is 111 cm³/mol. The van der Waals surface area contributed by atoms with E-state index in [2.05, 4.69) is 16.0 Å². The Morgan fingerprint density at radius 1 is 1.03 bits per heavy atom. The van der Waals surface area contributed by atoms with Crippen LogP contribution >= 0.6 is 0 Å².